The Morgan fingerprint density at radius 1 is 1.26 bits per heavy atom. The van der Waals surface area contributed by atoms with E-state index in [0.717, 1.165) is 5.56 Å². The minimum atomic E-state index is -0.945. The van der Waals surface area contributed by atoms with Gasteiger partial charge < -0.3 is 19.9 Å². The molecule has 6 nitrogen and oxygen atoms in total. The van der Waals surface area contributed by atoms with Crippen molar-refractivity contribution in [3.8, 4) is 11.5 Å². The minimum absolute atomic E-state index is 0.0993. The second kappa shape index (κ2) is 5.60. The third kappa shape index (κ3) is 3.15. The summed E-state index contributed by atoms with van der Waals surface area (Å²) >= 11 is 0. The number of fused-ring (bicyclic) bond motifs is 1. The van der Waals surface area contributed by atoms with Crippen LogP contribution in [0.3, 0.4) is 0 Å². The van der Waals surface area contributed by atoms with Crippen LogP contribution in [0.2, 0.25) is 0 Å². The van der Waals surface area contributed by atoms with Crippen LogP contribution in [0.25, 0.3) is 0 Å². The predicted molar refractivity (Wildman–Crippen MR) is 66.8 cm³/mol. The van der Waals surface area contributed by atoms with Crippen molar-refractivity contribution in [2.45, 2.75) is 13.3 Å². The summed E-state index contributed by atoms with van der Waals surface area (Å²) in [5.41, 5.74) is 1.23. The van der Waals surface area contributed by atoms with E-state index in [9.17, 15) is 9.59 Å². The van der Waals surface area contributed by atoms with Crippen molar-refractivity contribution in [1.29, 1.82) is 0 Å². The normalized spacial score (nSPS) is 12.9. The molecule has 1 aliphatic heterocycles. The molecule has 1 aromatic rings. The molecule has 2 rings (SSSR count). The van der Waals surface area contributed by atoms with Gasteiger partial charge in [-0.1, -0.05) is 0 Å². The lowest BCUT2D eigenvalue weighted by atomic mass is 10.1. The maximum atomic E-state index is 11.9. The number of amides is 1. The first-order valence-corrected chi connectivity index (χ1v) is 5.98. The van der Waals surface area contributed by atoms with Crippen LogP contribution in [-0.4, -0.2) is 36.7 Å². The summed E-state index contributed by atoms with van der Waals surface area (Å²) in [5, 5.41) is 11.1. The lowest BCUT2D eigenvalue weighted by molar-refractivity contribution is -0.136. The molecule has 1 heterocycles. The van der Waals surface area contributed by atoms with E-state index in [1.54, 1.807) is 19.1 Å². The van der Waals surface area contributed by atoms with Crippen molar-refractivity contribution in [3.63, 3.8) is 0 Å². The molecule has 6 heteroatoms. The number of benzene rings is 1. The Hall–Kier alpha value is -2.24. The molecule has 0 atom stereocenters. The average molecular weight is 265 g/mol. The molecule has 0 radical (unpaired) electrons. The maximum absolute atomic E-state index is 11.9. The molecule has 2 N–H and O–H groups in total. The van der Waals surface area contributed by atoms with E-state index in [-0.39, 0.29) is 18.9 Å². The van der Waals surface area contributed by atoms with Gasteiger partial charge in [0.1, 0.15) is 13.2 Å². The molecule has 0 unspecified atom stereocenters. The van der Waals surface area contributed by atoms with Crippen molar-refractivity contribution < 1.29 is 24.2 Å². The molecular weight excluding hydrogens is 250 g/mol. The van der Waals surface area contributed by atoms with E-state index in [0.29, 0.717) is 30.3 Å². The predicted octanol–water partition coefficient (Wildman–Crippen LogP) is 0.971. The van der Waals surface area contributed by atoms with Crippen molar-refractivity contribution in [1.82, 2.24) is 5.32 Å². The van der Waals surface area contributed by atoms with Crippen LogP contribution >= 0.6 is 0 Å². The Balaban J connectivity index is 2.11. The minimum Gasteiger partial charge on any atom is -0.486 e. The lowest BCUT2D eigenvalue weighted by Gasteiger charge is -2.20. The number of carbonyl (C=O) groups excluding carboxylic acids is 1. The summed E-state index contributed by atoms with van der Waals surface area (Å²) in [6, 6.07) is 3.38. The first-order chi connectivity index (χ1) is 9.08. The summed E-state index contributed by atoms with van der Waals surface area (Å²) in [6.45, 7) is 2.85. The van der Waals surface area contributed by atoms with Crippen molar-refractivity contribution in [3.05, 3.63) is 23.3 Å². The molecule has 0 saturated heterocycles. The Morgan fingerprint density at radius 3 is 2.53 bits per heavy atom. The summed E-state index contributed by atoms with van der Waals surface area (Å²) in [7, 11) is 0. The topological polar surface area (TPSA) is 84.9 Å². The van der Waals surface area contributed by atoms with Crippen LogP contribution in [0, 0.1) is 6.92 Å². The first-order valence-electron chi connectivity index (χ1n) is 5.98. The number of carboxylic acid groups (broad SMARTS) is 1. The van der Waals surface area contributed by atoms with E-state index in [4.69, 9.17) is 14.6 Å². The fourth-order valence-electron chi connectivity index (χ4n) is 1.81. The number of hydrogen-bond acceptors (Lipinski definition) is 4. The van der Waals surface area contributed by atoms with Gasteiger partial charge in [0, 0.05) is 12.1 Å². The summed E-state index contributed by atoms with van der Waals surface area (Å²) in [6.07, 6.45) is -0.102. The van der Waals surface area contributed by atoms with Crippen molar-refractivity contribution in [2.24, 2.45) is 0 Å². The third-order valence-electron chi connectivity index (χ3n) is 2.76. The monoisotopic (exact) mass is 265 g/mol. The van der Waals surface area contributed by atoms with Gasteiger partial charge in [-0.05, 0) is 24.6 Å². The zero-order chi connectivity index (χ0) is 13.8. The van der Waals surface area contributed by atoms with Gasteiger partial charge in [-0.3, -0.25) is 9.59 Å². The van der Waals surface area contributed by atoms with Gasteiger partial charge in [-0.25, -0.2) is 0 Å². The van der Waals surface area contributed by atoms with Crippen LogP contribution in [0.4, 0.5) is 0 Å². The summed E-state index contributed by atoms with van der Waals surface area (Å²) < 4.78 is 10.8. The second-order valence-electron chi connectivity index (χ2n) is 4.21. The number of carbonyl (C=O) groups is 2. The molecule has 0 aromatic heterocycles. The molecule has 1 aliphatic rings. The molecule has 1 amide bonds. The SMILES string of the molecule is Cc1cc2c(cc1C(=O)NCCC(=O)O)OCCO2. The molecule has 0 fully saturated rings. The first kappa shape index (κ1) is 13.2. The number of hydrogen-bond donors (Lipinski definition) is 2. The third-order valence-corrected chi connectivity index (χ3v) is 2.76. The van der Waals surface area contributed by atoms with E-state index >= 15 is 0 Å². The van der Waals surface area contributed by atoms with Crippen LogP contribution in [-0.2, 0) is 4.79 Å². The lowest BCUT2D eigenvalue weighted by Crippen LogP contribution is -2.27. The molecule has 0 saturated carbocycles. The largest absolute Gasteiger partial charge is 0.486 e. The number of rotatable bonds is 4. The van der Waals surface area contributed by atoms with E-state index < -0.39 is 5.97 Å². The van der Waals surface area contributed by atoms with Crippen LogP contribution in [0.5, 0.6) is 11.5 Å². The standard InChI is InChI=1S/C13H15NO5/c1-8-6-10-11(19-5-4-18-10)7-9(8)13(17)14-3-2-12(15)16/h6-7H,2-5H2,1H3,(H,14,17)(H,15,16). The second-order valence-corrected chi connectivity index (χ2v) is 4.21. The highest BCUT2D eigenvalue weighted by atomic mass is 16.6. The highest BCUT2D eigenvalue weighted by molar-refractivity contribution is 5.96. The molecule has 0 bridgehead atoms. The van der Waals surface area contributed by atoms with Crippen LogP contribution < -0.4 is 14.8 Å². The van der Waals surface area contributed by atoms with Gasteiger partial charge in [0.25, 0.3) is 5.91 Å². The Kier molecular flexibility index (Phi) is 3.89. The van der Waals surface area contributed by atoms with E-state index in [2.05, 4.69) is 5.32 Å². The number of ether oxygens (including phenoxy) is 2. The number of carboxylic acids is 1. The fraction of sp³-hybridized carbons (Fsp3) is 0.385. The summed E-state index contributed by atoms with van der Waals surface area (Å²) in [4.78, 5) is 22.3. The van der Waals surface area contributed by atoms with Gasteiger partial charge in [-0.2, -0.15) is 0 Å². The van der Waals surface area contributed by atoms with Crippen LogP contribution in [0.15, 0.2) is 12.1 Å². The molecule has 1 aromatic carbocycles. The van der Waals surface area contributed by atoms with Gasteiger partial charge in [0.05, 0.1) is 6.42 Å². The Bertz CT molecular complexity index is 512. The Labute approximate surface area is 110 Å². The number of aliphatic carboxylic acids is 1. The zero-order valence-electron chi connectivity index (χ0n) is 10.6. The molecular formula is C13H15NO5. The molecule has 102 valence electrons. The van der Waals surface area contributed by atoms with Crippen LogP contribution in [0.1, 0.15) is 22.3 Å². The molecule has 0 aliphatic carbocycles. The Morgan fingerprint density at radius 2 is 1.89 bits per heavy atom. The number of nitrogens with one attached hydrogen (secondary N) is 1. The quantitative estimate of drug-likeness (QED) is 0.847. The van der Waals surface area contributed by atoms with Gasteiger partial charge in [0.15, 0.2) is 11.5 Å². The highest BCUT2D eigenvalue weighted by Gasteiger charge is 2.17. The van der Waals surface area contributed by atoms with Gasteiger partial charge in [-0.15, -0.1) is 0 Å². The number of aryl methyl sites for hydroxylation is 1. The molecule has 0 spiro atoms. The smallest absolute Gasteiger partial charge is 0.305 e. The summed E-state index contributed by atoms with van der Waals surface area (Å²) in [5.74, 6) is -0.0824. The zero-order valence-corrected chi connectivity index (χ0v) is 10.6. The van der Waals surface area contributed by atoms with E-state index in [1.165, 1.54) is 0 Å². The highest BCUT2D eigenvalue weighted by Crippen LogP contribution is 2.32. The van der Waals surface area contributed by atoms with Gasteiger partial charge in [0.2, 0.25) is 0 Å². The maximum Gasteiger partial charge on any atom is 0.305 e. The van der Waals surface area contributed by atoms with E-state index in [1.807, 2.05) is 0 Å². The molecule has 19 heavy (non-hydrogen) atoms. The fourth-order valence-corrected chi connectivity index (χ4v) is 1.81. The van der Waals surface area contributed by atoms with Crippen molar-refractivity contribution in [2.75, 3.05) is 19.8 Å². The van der Waals surface area contributed by atoms with Gasteiger partial charge >= 0.3 is 5.97 Å². The average Bonchev–Trinajstić information content (AvgIpc) is 2.37. The van der Waals surface area contributed by atoms with Crippen molar-refractivity contribution >= 4 is 11.9 Å².